The largest absolute Gasteiger partial charge is 0.466 e. The van der Waals surface area contributed by atoms with E-state index in [0.29, 0.717) is 0 Å². The summed E-state index contributed by atoms with van der Waals surface area (Å²) >= 11 is 0. The van der Waals surface area contributed by atoms with Crippen LogP contribution in [0.15, 0.2) is 78.9 Å². The first-order chi connectivity index (χ1) is 11.5. The molecule has 2 rings (SSSR count). The van der Waals surface area contributed by atoms with Gasteiger partial charge in [-0.05, 0) is 23.1 Å². The van der Waals surface area contributed by atoms with Gasteiger partial charge in [0.15, 0.2) is 0 Å². The molecule has 0 unspecified atom stereocenters. The summed E-state index contributed by atoms with van der Waals surface area (Å²) in [6, 6.07) is 19.1. The van der Waals surface area contributed by atoms with Gasteiger partial charge in [0.1, 0.15) is 0 Å². The molecule has 2 aromatic carbocycles. The number of carbonyl (C=O) groups is 1. The molecule has 124 valence electrons. The molecule has 0 aromatic heterocycles. The first kappa shape index (κ1) is 17.7. The number of hydrogen-bond donors (Lipinski definition) is 0. The van der Waals surface area contributed by atoms with E-state index in [2.05, 4.69) is 73.2 Å². The van der Waals surface area contributed by atoms with Gasteiger partial charge in [0.05, 0.1) is 7.11 Å². The van der Waals surface area contributed by atoms with Crippen LogP contribution < -0.4 is 0 Å². The highest BCUT2D eigenvalue weighted by Crippen LogP contribution is 2.26. The second-order valence-corrected chi connectivity index (χ2v) is 6.33. The van der Waals surface area contributed by atoms with Crippen molar-refractivity contribution in [3.8, 4) is 0 Å². The zero-order valence-electron chi connectivity index (χ0n) is 14.5. The predicted octanol–water partition coefficient (Wildman–Crippen LogP) is 4.84. The Morgan fingerprint density at radius 3 is 2.42 bits per heavy atom. The van der Waals surface area contributed by atoms with Crippen LogP contribution in [0.2, 0.25) is 0 Å². The maximum absolute atomic E-state index is 11.1. The van der Waals surface area contributed by atoms with Crippen LogP contribution in [0.1, 0.15) is 30.5 Å². The number of allylic oxidation sites excluding steroid dienone is 3. The van der Waals surface area contributed by atoms with E-state index in [1.54, 1.807) is 6.08 Å². The molecular formula is C22H24O2. The van der Waals surface area contributed by atoms with Crippen molar-refractivity contribution in [3.05, 3.63) is 95.6 Å². The molecule has 0 N–H and O–H groups in total. The van der Waals surface area contributed by atoms with Crippen LogP contribution in [0.25, 0.3) is 0 Å². The molecule has 0 aliphatic rings. The Morgan fingerprint density at radius 2 is 1.71 bits per heavy atom. The number of ether oxygens (including phenoxy) is 1. The highest BCUT2D eigenvalue weighted by atomic mass is 16.5. The minimum Gasteiger partial charge on any atom is -0.466 e. The monoisotopic (exact) mass is 320 g/mol. The van der Waals surface area contributed by atoms with Crippen LogP contribution in [0.4, 0.5) is 0 Å². The van der Waals surface area contributed by atoms with Crippen molar-refractivity contribution in [1.82, 2.24) is 0 Å². The van der Waals surface area contributed by atoms with Crippen molar-refractivity contribution in [2.75, 3.05) is 7.11 Å². The van der Waals surface area contributed by atoms with Crippen LogP contribution in [-0.2, 0) is 21.4 Å². The molecule has 0 fully saturated rings. The lowest BCUT2D eigenvalue weighted by molar-refractivity contribution is -0.134. The van der Waals surface area contributed by atoms with Crippen LogP contribution in [0.5, 0.6) is 0 Å². The van der Waals surface area contributed by atoms with E-state index in [1.807, 2.05) is 12.1 Å². The highest BCUT2D eigenvalue weighted by Gasteiger charge is 2.16. The summed E-state index contributed by atoms with van der Waals surface area (Å²) in [6.07, 6.45) is 8.03. The van der Waals surface area contributed by atoms with Gasteiger partial charge in [-0.2, -0.15) is 0 Å². The van der Waals surface area contributed by atoms with Crippen LogP contribution in [0, 0.1) is 0 Å². The number of esters is 1. The lowest BCUT2D eigenvalue weighted by Gasteiger charge is -2.21. The van der Waals surface area contributed by atoms with Crippen molar-refractivity contribution < 1.29 is 9.53 Å². The van der Waals surface area contributed by atoms with Crippen molar-refractivity contribution in [2.45, 2.75) is 25.7 Å². The van der Waals surface area contributed by atoms with Crippen LogP contribution >= 0.6 is 0 Å². The summed E-state index contributed by atoms with van der Waals surface area (Å²) < 4.78 is 4.58. The Morgan fingerprint density at radius 1 is 1.00 bits per heavy atom. The second-order valence-electron chi connectivity index (χ2n) is 6.33. The van der Waals surface area contributed by atoms with E-state index in [0.717, 1.165) is 6.42 Å². The van der Waals surface area contributed by atoms with Gasteiger partial charge in [0, 0.05) is 11.5 Å². The summed E-state index contributed by atoms with van der Waals surface area (Å²) in [6.45, 7) is 4.33. The maximum Gasteiger partial charge on any atom is 0.330 e. The molecule has 0 spiro atoms. The van der Waals surface area contributed by atoms with Crippen LogP contribution in [0.3, 0.4) is 0 Å². The Kier molecular flexibility index (Phi) is 6.14. The number of methoxy groups -OCH3 is 1. The third kappa shape index (κ3) is 5.24. The fourth-order valence-corrected chi connectivity index (χ4v) is 2.51. The molecule has 0 bridgehead atoms. The molecule has 0 heterocycles. The standard InChI is InChI=1S/C22H24O2/c1-22(2,15-8-7-14-21(23)24-3)20-13-9-12-19(17-20)16-18-10-5-4-6-11-18/h4-15,17H,16H2,1-3H3/b14-7+,15-8+. The summed E-state index contributed by atoms with van der Waals surface area (Å²) in [7, 11) is 1.37. The molecule has 0 aliphatic heterocycles. The first-order valence-corrected chi connectivity index (χ1v) is 8.08. The summed E-state index contributed by atoms with van der Waals surface area (Å²) in [5.74, 6) is -0.345. The minimum atomic E-state index is -0.345. The number of hydrogen-bond acceptors (Lipinski definition) is 2. The highest BCUT2D eigenvalue weighted by molar-refractivity contribution is 5.82. The summed E-state index contributed by atoms with van der Waals surface area (Å²) in [4.78, 5) is 11.1. The fraction of sp³-hybridized carbons (Fsp3) is 0.227. The van der Waals surface area contributed by atoms with E-state index in [1.165, 1.54) is 29.9 Å². The van der Waals surface area contributed by atoms with Gasteiger partial charge in [0.25, 0.3) is 0 Å². The van der Waals surface area contributed by atoms with Gasteiger partial charge < -0.3 is 4.74 Å². The van der Waals surface area contributed by atoms with Gasteiger partial charge in [-0.25, -0.2) is 4.79 Å². The molecule has 2 heteroatoms. The number of carbonyl (C=O) groups excluding carboxylic acids is 1. The summed E-state index contributed by atoms with van der Waals surface area (Å²) in [5.41, 5.74) is 3.74. The molecule has 0 saturated carbocycles. The Hall–Kier alpha value is -2.61. The molecule has 2 nitrogen and oxygen atoms in total. The molecule has 0 radical (unpaired) electrons. The average Bonchev–Trinajstić information content (AvgIpc) is 2.59. The number of rotatable bonds is 6. The van der Waals surface area contributed by atoms with Gasteiger partial charge >= 0.3 is 5.97 Å². The minimum absolute atomic E-state index is 0.118. The lowest BCUT2D eigenvalue weighted by Crippen LogP contribution is -2.13. The Labute approximate surface area is 144 Å². The lowest BCUT2D eigenvalue weighted by atomic mass is 9.83. The molecule has 0 aliphatic carbocycles. The van der Waals surface area contributed by atoms with E-state index in [-0.39, 0.29) is 11.4 Å². The van der Waals surface area contributed by atoms with Crippen molar-refractivity contribution >= 4 is 5.97 Å². The SMILES string of the molecule is COC(=O)/C=C/C=C/C(C)(C)c1cccc(Cc2ccccc2)c1. The normalized spacial score (nSPS) is 12.0. The predicted molar refractivity (Wildman–Crippen MR) is 99.0 cm³/mol. The van der Waals surface area contributed by atoms with Gasteiger partial charge in [-0.1, -0.05) is 86.7 Å². The summed E-state index contributed by atoms with van der Waals surface area (Å²) in [5, 5.41) is 0. The van der Waals surface area contributed by atoms with E-state index in [9.17, 15) is 4.79 Å². The fourth-order valence-electron chi connectivity index (χ4n) is 2.51. The molecule has 0 atom stereocenters. The molecule has 0 amide bonds. The maximum atomic E-state index is 11.1. The first-order valence-electron chi connectivity index (χ1n) is 8.08. The third-order valence-corrected chi connectivity index (χ3v) is 3.98. The van der Waals surface area contributed by atoms with Gasteiger partial charge in [0.2, 0.25) is 0 Å². The number of benzene rings is 2. The smallest absolute Gasteiger partial charge is 0.330 e. The molecule has 2 aromatic rings. The second kappa shape index (κ2) is 8.30. The van der Waals surface area contributed by atoms with Gasteiger partial charge in [-0.15, -0.1) is 0 Å². The molecule has 0 saturated heterocycles. The molecular weight excluding hydrogens is 296 g/mol. The Balaban J connectivity index is 2.12. The van der Waals surface area contributed by atoms with E-state index in [4.69, 9.17) is 0 Å². The quantitative estimate of drug-likeness (QED) is 0.432. The van der Waals surface area contributed by atoms with Gasteiger partial charge in [-0.3, -0.25) is 0 Å². The van der Waals surface area contributed by atoms with Crippen molar-refractivity contribution in [3.63, 3.8) is 0 Å². The molecule has 24 heavy (non-hydrogen) atoms. The average molecular weight is 320 g/mol. The van der Waals surface area contributed by atoms with Crippen molar-refractivity contribution in [1.29, 1.82) is 0 Å². The zero-order chi connectivity index (χ0) is 17.4. The topological polar surface area (TPSA) is 26.3 Å². The van der Waals surface area contributed by atoms with E-state index >= 15 is 0 Å². The Bertz CT molecular complexity index is 725. The van der Waals surface area contributed by atoms with Crippen molar-refractivity contribution in [2.24, 2.45) is 0 Å². The third-order valence-electron chi connectivity index (χ3n) is 3.98. The van der Waals surface area contributed by atoms with E-state index < -0.39 is 0 Å². The zero-order valence-corrected chi connectivity index (χ0v) is 14.5. The van der Waals surface area contributed by atoms with Crippen LogP contribution in [-0.4, -0.2) is 13.1 Å².